The Labute approximate surface area is 105 Å². The molecular formula is C15H26N2. The summed E-state index contributed by atoms with van der Waals surface area (Å²) in [7, 11) is 2.27. The van der Waals surface area contributed by atoms with Gasteiger partial charge in [-0.25, -0.2) is 0 Å². The van der Waals surface area contributed by atoms with Crippen LogP contribution in [0.2, 0.25) is 0 Å². The Kier molecular flexibility index (Phi) is 2.36. The number of likely N-dealkylation sites (N-methyl/N-ethyl adjacent to an activating group) is 1. The summed E-state index contributed by atoms with van der Waals surface area (Å²) in [6.07, 6.45) is 10.6. The molecule has 0 aromatic carbocycles. The molecule has 5 aliphatic rings. The number of rotatable bonds is 2. The van der Waals surface area contributed by atoms with Gasteiger partial charge in [0.15, 0.2) is 0 Å². The number of nitrogens with one attached hydrogen (secondary N) is 1. The van der Waals surface area contributed by atoms with Crippen LogP contribution in [0.5, 0.6) is 0 Å². The van der Waals surface area contributed by atoms with Gasteiger partial charge in [0, 0.05) is 18.1 Å². The molecular weight excluding hydrogens is 208 g/mol. The maximum Gasteiger partial charge on any atom is 0.0212 e. The third-order valence-electron chi connectivity index (χ3n) is 5.94. The van der Waals surface area contributed by atoms with Gasteiger partial charge in [0.05, 0.1) is 0 Å². The van der Waals surface area contributed by atoms with E-state index in [2.05, 4.69) is 17.3 Å². The highest BCUT2D eigenvalue weighted by molar-refractivity contribution is 5.07. The topological polar surface area (TPSA) is 15.3 Å². The lowest BCUT2D eigenvalue weighted by atomic mass is 9.53. The van der Waals surface area contributed by atoms with E-state index in [1.165, 1.54) is 38.8 Å². The van der Waals surface area contributed by atoms with Crippen LogP contribution >= 0.6 is 0 Å². The van der Waals surface area contributed by atoms with Gasteiger partial charge >= 0.3 is 0 Å². The lowest BCUT2D eigenvalue weighted by Gasteiger charge is -2.57. The van der Waals surface area contributed by atoms with E-state index < -0.39 is 0 Å². The molecule has 0 aromatic rings. The van der Waals surface area contributed by atoms with Gasteiger partial charge < -0.3 is 10.2 Å². The molecule has 1 atom stereocenters. The average Bonchev–Trinajstić information content (AvgIpc) is 2.60. The molecule has 0 amide bonds. The van der Waals surface area contributed by atoms with Gasteiger partial charge in [0.25, 0.3) is 0 Å². The van der Waals surface area contributed by atoms with E-state index in [-0.39, 0.29) is 0 Å². The van der Waals surface area contributed by atoms with Gasteiger partial charge in [0.2, 0.25) is 0 Å². The van der Waals surface area contributed by atoms with Crippen LogP contribution in [-0.4, -0.2) is 36.6 Å². The van der Waals surface area contributed by atoms with E-state index in [4.69, 9.17) is 0 Å². The first-order valence-corrected chi connectivity index (χ1v) is 7.67. The van der Waals surface area contributed by atoms with Gasteiger partial charge in [-0.1, -0.05) is 0 Å². The van der Waals surface area contributed by atoms with E-state index in [0.29, 0.717) is 5.54 Å². The van der Waals surface area contributed by atoms with Crippen LogP contribution in [0.25, 0.3) is 0 Å². The number of hydrogen-bond acceptors (Lipinski definition) is 2. The van der Waals surface area contributed by atoms with E-state index in [0.717, 1.165) is 23.8 Å². The van der Waals surface area contributed by atoms with Crippen molar-refractivity contribution in [2.75, 3.05) is 20.1 Å². The van der Waals surface area contributed by atoms with Crippen molar-refractivity contribution in [2.45, 2.75) is 56.5 Å². The maximum absolute atomic E-state index is 4.11. The SMILES string of the molecule is CN1CCC(NC23CC4CC(CC(C4)C2)C3)C1. The minimum Gasteiger partial charge on any atom is -0.307 e. The highest BCUT2D eigenvalue weighted by atomic mass is 15.2. The van der Waals surface area contributed by atoms with E-state index >= 15 is 0 Å². The molecule has 4 saturated carbocycles. The molecule has 17 heavy (non-hydrogen) atoms. The Hall–Kier alpha value is -0.0800. The van der Waals surface area contributed by atoms with Crippen LogP contribution in [0.1, 0.15) is 44.9 Å². The second-order valence-electron chi connectivity index (χ2n) is 7.59. The molecule has 96 valence electrons. The van der Waals surface area contributed by atoms with Gasteiger partial charge in [-0.3, -0.25) is 0 Å². The van der Waals surface area contributed by atoms with Crippen molar-refractivity contribution in [1.29, 1.82) is 0 Å². The Balaban J connectivity index is 1.49. The van der Waals surface area contributed by atoms with Crippen LogP contribution < -0.4 is 5.32 Å². The summed E-state index contributed by atoms with van der Waals surface area (Å²) in [5.74, 6) is 3.23. The van der Waals surface area contributed by atoms with Crippen molar-refractivity contribution in [3.63, 3.8) is 0 Å². The molecule has 4 bridgehead atoms. The second kappa shape index (κ2) is 3.71. The first-order valence-electron chi connectivity index (χ1n) is 7.67. The summed E-state index contributed by atoms with van der Waals surface area (Å²) in [5.41, 5.74) is 0.574. The number of hydrogen-bond donors (Lipinski definition) is 1. The molecule has 1 unspecified atom stereocenters. The Morgan fingerprint density at radius 3 is 2.06 bits per heavy atom. The van der Waals surface area contributed by atoms with Crippen LogP contribution in [0, 0.1) is 17.8 Å². The minimum absolute atomic E-state index is 0.574. The van der Waals surface area contributed by atoms with E-state index in [9.17, 15) is 0 Å². The standard InChI is InChI=1S/C15H26N2/c1-17-3-2-14(10-17)16-15-7-11-4-12(8-15)6-13(5-11)9-15/h11-14,16H,2-10H2,1H3. The highest BCUT2D eigenvalue weighted by Crippen LogP contribution is 2.55. The molecule has 1 saturated heterocycles. The van der Waals surface area contributed by atoms with Crippen molar-refractivity contribution in [3.05, 3.63) is 0 Å². The van der Waals surface area contributed by atoms with Gasteiger partial charge in [-0.15, -0.1) is 0 Å². The lowest BCUT2D eigenvalue weighted by Crippen LogP contribution is -2.61. The Morgan fingerprint density at radius 2 is 1.59 bits per heavy atom. The number of likely N-dealkylation sites (tertiary alicyclic amines) is 1. The van der Waals surface area contributed by atoms with E-state index in [1.807, 2.05) is 0 Å². The third-order valence-corrected chi connectivity index (χ3v) is 5.94. The van der Waals surface area contributed by atoms with Gasteiger partial charge in [-0.05, 0) is 76.3 Å². The third kappa shape index (κ3) is 1.84. The minimum atomic E-state index is 0.574. The van der Waals surface area contributed by atoms with Gasteiger partial charge in [-0.2, -0.15) is 0 Å². The Bertz CT molecular complexity index is 277. The van der Waals surface area contributed by atoms with Crippen molar-refractivity contribution < 1.29 is 0 Å². The molecule has 0 spiro atoms. The fraction of sp³-hybridized carbons (Fsp3) is 1.00. The predicted molar refractivity (Wildman–Crippen MR) is 69.9 cm³/mol. The van der Waals surface area contributed by atoms with Crippen LogP contribution in [-0.2, 0) is 0 Å². The molecule has 4 aliphatic carbocycles. The smallest absolute Gasteiger partial charge is 0.0212 e. The van der Waals surface area contributed by atoms with Crippen molar-refractivity contribution in [1.82, 2.24) is 10.2 Å². The summed E-state index contributed by atoms with van der Waals surface area (Å²) >= 11 is 0. The molecule has 5 fully saturated rings. The van der Waals surface area contributed by atoms with Crippen LogP contribution in [0.4, 0.5) is 0 Å². The number of nitrogens with zero attached hydrogens (tertiary/aromatic N) is 1. The Morgan fingerprint density at radius 1 is 1.00 bits per heavy atom. The fourth-order valence-corrected chi connectivity index (χ4v) is 5.77. The summed E-state index contributed by atoms with van der Waals surface area (Å²) in [4.78, 5) is 2.48. The van der Waals surface area contributed by atoms with E-state index in [1.54, 1.807) is 19.3 Å². The van der Waals surface area contributed by atoms with Crippen molar-refractivity contribution in [2.24, 2.45) is 17.8 Å². The summed E-state index contributed by atoms with van der Waals surface area (Å²) in [5, 5.41) is 4.11. The summed E-state index contributed by atoms with van der Waals surface area (Å²) in [6.45, 7) is 2.58. The monoisotopic (exact) mass is 234 g/mol. The lowest BCUT2D eigenvalue weighted by molar-refractivity contribution is -0.0246. The zero-order valence-electron chi connectivity index (χ0n) is 11.1. The summed E-state index contributed by atoms with van der Waals surface area (Å²) < 4.78 is 0. The zero-order valence-corrected chi connectivity index (χ0v) is 11.1. The normalized spacial score (nSPS) is 53.5. The van der Waals surface area contributed by atoms with Gasteiger partial charge in [0.1, 0.15) is 0 Å². The summed E-state index contributed by atoms with van der Waals surface area (Å²) in [6, 6.07) is 0.788. The fourth-order valence-electron chi connectivity index (χ4n) is 5.77. The molecule has 1 heterocycles. The molecule has 1 N–H and O–H groups in total. The molecule has 1 aliphatic heterocycles. The maximum atomic E-state index is 4.11. The average molecular weight is 234 g/mol. The largest absolute Gasteiger partial charge is 0.307 e. The van der Waals surface area contributed by atoms with Crippen LogP contribution in [0.3, 0.4) is 0 Å². The van der Waals surface area contributed by atoms with Crippen molar-refractivity contribution in [3.8, 4) is 0 Å². The quantitative estimate of drug-likeness (QED) is 0.788. The second-order valence-corrected chi connectivity index (χ2v) is 7.59. The first-order chi connectivity index (χ1) is 8.21. The highest BCUT2D eigenvalue weighted by Gasteiger charge is 2.51. The molecule has 5 rings (SSSR count). The molecule has 0 aromatic heterocycles. The van der Waals surface area contributed by atoms with Crippen molar-refractivity contribution >= 4 is 0 Å². The van der Waals surface area contributed by atoms with Crippen LogP contribution in [0.15, 0.2) is 0 Å². The molecule has 2 nitrogen and oxygen atoms in total. The zero-order chi connectivity index (χ0) is 11.5. The predicted octanol–water partition coefficient (Wildman–Crippen LogP) is 2.25. The first kappa shape index (κ1) is 10.8. The molecule has 2 heteroatoms. The molecule has 0 radical (unpaired) electrons.